The van der Waals surface area contributed by atoms with Crippen LogP contribution in [-0.4, -0.2) is 47.0 Å². The highest BCUT2D eigenvalue weighted by Crippen LogP contribution is 2.46. The molecule has 0 saturated carbocycles. The average Bonchev–Trinajstić information content (AvgIpc) is 3.42. The third-order valence-corrected chi connectivity index (χ3v) is 7.03. The first-order chi connectivity index (χ1) is 14.9. The Hall–Kier alpha value is -2.54. The van der Waals surface area contributed by atoms with Gasteiger partial charge >= 0.3 is 5.97 Å². The largest absolute Gasteiger partial charge is 0.466 e. The second-order valence-electron chi connectivity index (χ2n) is 8.22. The highest BCUT2D eigenvalue weighted by molar-refractivity contribution is 8.16. The van der Waals surface area contributed by atoms with Crippen molar-refractivity contribution in [3.63, 3.8) is 0 Å². The van der Waals surface area contributed by atoms with Gasteiger partial charge in [-0.2, -0.15) is 0 Å². The molecule has 0 spiro atoms. The first-order valence-corrected chi connectivity index (χ1v) is 11.7. The number of ether oxygens (including phenoxy) is 1. The number of aliphatic imine (C=N–C) groups is 1. The van der Waals surface area contributed by atoms with E-state index in [4.69, 9.17) is 9.73 Å². The summed E-state index contributed by atoms with van der Waals surface area (Å²) in [6.07, 6.45) is 3.07. The first-order valence-electron chi connectivity index (χ1n) is 10.8. The predicted octanol–water partition coefficient (Wildman–Crippen LogP) is 4.45. The Labute approximate surface area is 188 Å². The van der Waals surface area contributed by atoms with Crippen molar-refractivity contribution >= 4 is 28.8 Å². The molecular formula is C24H29N3O3S. The summed E-state index contributed by atoms with van der Waals surface area (Å²) in [5.74, 6) is -0.235. The van der Waals surface area contributed by atoms with Crippen LogP contribution in [0.5, 0.6) is 0 Å². The Morgan fingerprint density at radius 3 is 2.61 bits per heavy atom. The number of methoxy groups -OCH3 is 1. The Morgan fingerprint density at radius 1 is 1.23 bits per heavy atom. The molecule has 0 unspecified atom stereocenters. The third-order valence-electron chi connectivity index (χ3n) is 6.14. The standard InChI is InChI=1S/C24H29N3O3S/c1-5-19-21(23(29)30-4)22(18-9-8-15(2)12-16(18)3)27-17(14-31-24(27)25-19)13-20(28)26-10-6-7-11-26/h8-9,12,14,22H,5-7,10-11,13H2,1-4H3/t22-/m0/s1. The number of rotatable bonds is 5. The van der Waals surface area contributed by atoms with E-state index in [1.807, 2.05) is 17.2 Å². The van der Waals surface area contributed by atoms with Crippen LogP contribution >= 0.6 is 11.8 Å². The zero-order valence-electron chi connectivity index (χ0n) is 18.6. The second kappa shape index (κ2) is 8.91. The molecule has 1 fully saturated rings. The van der Waals surface area contributed by atoms with E-state index in [9.17, 15) is 9.59 Å². The van der Waals surface area contributed by atoms with Crippen molar-refractivity contribution < 1.29 is 14.3 Å². The van der Waals surface area contributed by atoms with Gasteiger partial charge in [0.25, 0.3) is 0 Å². The number of carbonyl (C=O) groups excluding carboxylic acids is 2. The van der Waals surface area contributed by atoms with Crippen molar-refractivity contribution in [3.8, 4) is 0 Å². The summed E-state index contributed by atoms with van der Waals surface area (Å²) in [6, 6.07) is 5.92. The molecular weight excluding hydrogens is 410 g/mol. The van der Waals surface area contributed by atoms with Gasteiger partial charge in [0.1, 0.15) is 0 Å². The molecule has 4 rings (SSSR count). The number of fused-ring (bicyclic) bond motifs is 1. The van der Waals surface area contributed by atoms with Crippen LogP contribution in [0.25, 0.3) is 0 Å². The minimum absolute atomic E-state index is 0.134. The van der Waals surface area contributed by atoms with E-state index < -0.39 is 0 Å². The molecule has 0 bridgehead atoms. The molecule has 1 atom stereocenters. The minimum atomic E-state index is -0.369. The Balaban J connectivity index is 1.78. The lowest BCUT2D eigenvalue weighted by atomic mass is 9.89. The predicted molar refractivity (Wildman–Crippen MR) is 123 cm³/mol. The number of carbonyl (C=O) groups is 2. The van der Waals surface area contributed by atoms with E-state index in [1.165, 1.54) is 24.4 Å². The quantitative estimate of drug-likeness (QED) is 0.634. The zero-order chi connectivity index (χ0) is 22.1. The number of amides is 1. The van der Waals surface area contributed by atoms with Crippen LogP contribution in [0.2, 0.25) is 0 Å². The molecule has 0 aromatic heterocycles. The van der Waals surface area contributed by atoms with Gasteiger partial charge in [0, 0.05) is 18.8 Å². The summed E-state index contributed by atoms with van der Waals surface area (Å²) in [6.45, 7) is 7.78. The molecule has 164 valence electrons. The zero-order valence-corrected chi connectivity index (χ0v) is 19.4. The van der Waals surface area contributed by atoms with Gasteiger partial charge in [0.15, 0.2) is 5.17 Å². The first kappa shape index (κ1) is 21.7. The van der Waals surface area contributed by atoms with Crippen LogP contribution in [0, 0.1) is 13.8 Å². The van der Waals surface area contributed by atoms with Gasteiger partial charge in [-0.05, 0) is 49.6 Å². The van der Waals surface area contributed by atoms with E-state index in [-0.39, 0.29) is 17.9 Å². The Bertz CT molecular complexity index is 1010. The number of hydrogen-bond acceptors (Lipinski definition) is 6. The number of allylic oxidation sites excluding steroid dienone is 1. The fraction of sp³-hybridized carbons (Fsp3) is 0.458. The second-order valence-corrected chi connectivity index (χ2v) is 9.06. The van der Waals surface area contributed by atoms with Crippen LogP contribution in [0.1, 0.15) is 55.3 Å². The molecule has 31 heavy (non-hydrogen) atoms. The third kappa shape index (κ3) is 4.03. The van der Waals surface area contributed by atoms with Crippen molar-refractivity contribution in [3.05, 3.63) is 57.3 Å². The van der Waals surface area contributed by atoms with E-state index >= 15 is 0 Å². The number of benzene rings is 1. The number of esters is 1. The maximum atomic E-state index is 12.9. The molecule has 1 aromatic rings. The lowest BCUT2D eigenvalue weighted by Crippen LogP contribution is -2.38. The van der Waals surface area contributed by atoms with Crippen molar-refractivity contribution in [2.75, 3.05) is 20.2 Å². The monoisotopic (exact) mass is 439 g/mol. The lowest BCUT2D eigenvalue weighted by Gasteiger charge is -2.37. The van der Waals surface area contributed by atoms with Crippen LogP contribution in [0.15, 0.2) is 45.6 Å². The van der Waals surface area contributed by atoms with E-state index in [2.05, 4.69) is 36.9 Å². The van der Waals surface area contributed by atoms with Crippen molar-refractivity contribution in [2.45, 2.75) is 52.5 Å². The molecule has 7 heteroatoms. The van der Waals surface area contributed by atoms with Crippen molar-refractivity contribution in [1.82, 2.24) is 9.80 Å². The van der Waals surface area contributed by atoms with Gasteiger partial charge in [-0.15, -0.1) is 0 Å². The molecule has 0 radical (unpaired) electrons. The Morgan fingerprint density at radius 2 is 1.97 bits per heavy atom. The number of hydrogen-bond donors (Lipinski definition) is 0. The summed E-state index contributed by atoms with van der Waals surface area (Å²) in [5.41, 5.74) is 5.50. The molecule has 0 N–H and O–H groups in total. The number of likely N-dealkylation sites (tertiary alicyclic amines) is 1. The summed E-state index contributed by atoms with van der Waals surface area (Å²) >= 11 is 1.52. The SMILES string of the molecule is CCC1=C(C(=O)OC)[C@H](c2ccc(C)cc2C)N2C(CC(=O)N3CCCC3)=CSC2=N1. The van der Waals surface area contributed by atoms with E-state index in [1.54, 1.807) is 0 Å². The molecule has 6 nitrogen and oxygen atoms in total. The number of nitrogens with zero attached hydrogens (tertiary/aromatic N) is 3. The van der Waals surface area contributed by atoms with Gasteiger partial charge in [-0.25, -0.2) is 9.79 Å². The maximum Gasteiger partial charge on any atom is 0.338 e. The molecule has 3 aliphatic heterocycles. The van der Waals surface area contributed by atoms with Gasteiger partial charge in [-0.3, -0.25) is 4.79 Å². The topological polar surface area (TPSA) is 62.2 Å². The van der Waals surface area contributed by atoms with Crippen LogP contribution < -0.4 is 0 Å². The molecule has 1 saturated heterocycles. The molecule has 3 aliphatic rings. The summed E-state index contributed by atoms with van der Waals surface area (Å²) in [5, 5.41) is 2.83. The molecule has 0 aliphatic carbocycles. The van der Waals surface area contributed by atoms with Crippen molar-refractivity contribution in [1.29, 1.82) is 0 Å². The summed E-state index contributed by atoms with van der Waals surface area (Å²) in [4.78, 5) is 34.7. The summed E-state index contributed by atoms with van der Waals surface area (Å²) < 4.78 is 5.19. The molecule has 1 aromatic carbocycles. The average molecular weight is 440 g/mol. The van der Waals surface area contributed by atoms with Crippen LogP contribution in [-0.2, 0) is 14.3 Å². The van der Waals surface area contributed by atoms with Crippen LogP contribution in [0.3, 0.4) is 0 Å². The highest BCUT2D eigenvalue weighted by Gasteiger charge is 2.42. The van der Waals surface area contributed by atoms with Gasteiger partial charge in [0.05, 0.1) is 30.8 Å². The lowest BCUT2D eigenvalue weighted by molar-refractivity contribution is -0.136. The number of thioether (sulfide) groups is 1. The van der Waals surface area contributed by atoms with Crippen LogP contribution in [0.4, 0.5) is 0 Å². The normalized spacial score (nSPS) is 20.6. The number of amidine groups is 1. The fourth-order valence-electron chi connectivity index (χ4n) is 4.57. The fourth-order valence-corrected chi connectivity index (χ4v) is 5.51. The van der Waals surface area contributed by atoms with E-state index in [0.29, 0.717) is 18.4 Å². The van der Waals surface area contributed by atoms with E-state index in [0.717, 1.165) is 53.6 Å². The van der Waals surface area contributed by atoms with Gasteiger partial charge in [-0.1, -0.05) is 42.4 Å². The minimum Gasteiger partial charge on any atom is -0.466 e. The molecule has 3 heterocycles. The highest BCUT2D eigenvalue weighted by atomic mass is 32.2. The summed E-state index contributed by atoms with van der Waals surface area (Å²) in [7, 11) is 1.41. The number of aryl methyl sites for hydroxylation is 2. The maximum absolute atomic E-state index is 12.9. The van der Waals surface area contributed by atoms with Gasteiger partial charge < -0.3 is 14.5 Å². The van der Waals surface area contributed by atoms with Gasteiger partial charge in [0.2, 0.25) is 5.91 Å². The smallest absolute Gasteiger partial charge is 0.338 e. The Kier molecular flexibility index (Phi) is 6.23. The molecule has 1 amide bonds. The van der Waals surface area contributed by atoms with Crippen molar-refractivity contribution in [2.24, 2.45) is 4.99 Å².